The molecular formula is C23H25ClO7. The number of ketones is 1. The lowest BCUT2D eigenvalue weighted by molar-refractivity contribution is -0.152. The van der Waals surface area contributed by atoms with Gasteiger partial charge >= 0.3 is 5.97 Å². The van der Waals surface area contributed by atoms with Crippen molar-refractivity contribution >= 4 is 23.4 Å². The molecule has 0 amide bonds. The summed E-state index contributed by atoms with van der Waals surface area (Å²) in [4.78, 5) is 26.1. The lowest BCUT2D eigenvalue weighted by Crippen LogP contribution is -2.57. The van der Waals surface area contributed by atoms with Crippen molar-refractivity contribution in [3.05, 3.63) is 57.9 Å². The van der Waals surface area contributed by atoms with Crippen LogP contribution in [0.15, 0.2) is 41.7 Å². The van der Waals surface area contributed by atoms with Crippen LogP contribution in [-0.4, -0.2) is 49.4 Å². The topological polar surface area (TPSA) is 91.3 Å². The molecule has 1 aromatic carbocycles. The maximum absolute atomic E-state index is 13.1. The molecule has 1 aromatic rings. The van der Waals surface area contributed by atoms with Gasteiger partial charge in [-0.3, -0.25) is 4.79 Å². The molecule has 166 valence electrons. The fraction of sp³-hybridized carbons (Fsp3) is 0.391. The molecule has 1 aliphatic heterocycles. The molecule has 0 fully saturated rings. The molecule has 8 heteroatoms. The second kappa shape index (κ2) is 8.77. The standard InChI is InChI=1S/C23H25ClO7/c1-6-7-14-8-13-9-18(25)23(3,21(26)15(13)11-30-14)31-22(27)19-12(2)20(24)17(29-5)10-16(19)28-4/h6-10,15,21,26H,11H2,1-5H3/b7-6+/t15-,21+,23+/m1/s1. The van der Waals surface area contributed by atoms with Crippen molar-refractivity contribution in [1.29, 1.82) is 0 Å². The maximum Gasteiger partial charge on any atom is 0.343 e. The van der Waals surface area contributed by atoms with Gasteiger partial charge in [-0.15, -0.1) is 0 Å². The summed E-state index contributed by atoms with van der Waals surface area (Å²) in [5, 5.41) is 11.2. The highest BCUT2D eigenvalue weighted by atomic mass is 35.5. The highest BCUT2D eigenvalue weighted by Gasteiger charge is 2.52. The Bertz CT molecular complexity index is 1010. The van der Waals surface area contributed by atoms with E-state index in [1.165, 1.54) is 33.3 Å². The molecule has 0 spiro atoms. The summed E-state index contributed by atoms with van der Waals surface area (Å²) >= 11 is 6.29. The van der Waals surface area contributed by atoms with E-state index in [1.807, 2.05) is 13.0 Å². The predicted octanol–water partition coefficient (Wildman–Crippen LogP) is 3.56. The number of methoxy groups -OCH3 is 2. The summed E-state index contributed by atoms with van der Waals surface area (Å²) in [5.74, 6) is -0.767. The molecule has 0 saturated carbocycles. The molecule has 3 atom stereocenters. The minimum absolute atomic E-state index is 0.0551. The Morgan fingerprint density at radius 2 is 1.97 bits per heavy atom. The zero-order valence-electron chi connectivity index (χ0n) is 18.0. The Balaban J connectivity index is 1.97. The zero-order valence-corrected chi connectivity index (χ0v) is 18.8. The quantitative estimate of drug-likeness (QED) is 0.688. The molecule has 1 N–H and O–H groups in total. The fourth-order valence-electron chi connectivity index (χ4n) is 3.75. The van der Waals surface area contributed by atoms with Gasteiger partial charge in [0.25, 0.3) is 0 Å². The summed E-state index contributed by atoms with van der Waals surface area (Å²) < 4.78 is 21.8. The van der Waals surface area contributed by atoms with E-state index in [0.29, 0.717) is 22.6 Å². The third-order valence-corrected chi connectivity index (χ3v) is 6.08. The Morgan fingerprint density at radius 1 is 1.29 bits per heavy atom. The molecule has 0 bridgehead atoms. The van der Waals surface area contributed by atoms with E-state index in [9.17, 15) is 14.7 Å². The van der Waals surface area contributed by atoms with Gasteiger partial charge in [-0.05, 0) is 50.1 Å². The first kappa shape index (κ1) is 22.9. The summed E-state index contributed by atoms with van der Waals surface area (Å²) in [6, 6.07) is 1.47. The van der Waals surface area contributed by atoms with Gasteiger partial charge < -0.3 is 24.1 Å². The smallest absolute Gasteiger partial charge is 0.343 e. The number of allylic oxidation sites excluding steroid dienone is 3. The lowest BCUT2D eigenvalue weighted by Gasteiger charge is -2.41. The molecule has 0 radical (unpaired) electrons. The number of ether oxygens (including phenoxy) is 4. The summed E-state index contributed by atoms with van der Waals surface area (Å²) in [7, 11) is 2.84. The number of rotatable bonds is 5. The Hall–Kier alpha value is -2.77. The first-order chi connectivity index (χ1) is 14.7. The van der Waals surface area contributed by atoms with E-state index in [-0.39, 0.29) is 22.9 Å². The predicted molar refractivity (Wildman–Crippen MR) is 115 cm³/mol. The highest BCUT2D eigenvalue weighted by molar-refractivity contribution is 6.33. The van der Waals surface area contributed by atoms with Crippen LogP contribution in [0.5, 0.6) is 11.5 Å². The highest BCUT2D eigenvalue weighted by Crippen LogP contribution is 2.40. The second-order valence-corrected chi connectivity index (χ2v) is 7.89. The minimum atomic E-state index is -1.80. The second-order valence-electron chi connectivity index (χ2n) is 7.51. The van der Waals surface area contributed by atoms with Gasteiger partial charge in [0.05, 0.1) is 25.8 Å². The van der Waals surface area contributed by atoms with Gasteiger partial charge in [0.1, 0.15) is 28.9 Å². The van der Waals surface area contributed by atoms with E-state index in [0.717, 1.165) is 0 Å². The molecule has 31 heavy (non-hydrogen) atoms. The van der Waals surface area contributed by atoms with Crippen LogP contribution < -0.4 is 9.47 Å². The van der Waals surface area contributed by atoms with Crippen molar-refractivity contribution in [2.24, 2.45) is 5.92 Å². The maximum atomic E-state index is 13.1. The van der Waals surface area contributed by atoms with Crippen LogP contribution in [0.4, 0.5) is 0 Å². The van der Waals surface area contributed by atoms with Crippen molar-refractivity contribution in [1.82, 2.24) is 0 Å². The molecule has 7 nitrogen and oxygen atoms in total. The number of esters is 1. The molecular weight excluding hydrogens is 424 g/mol. The summed E-state index contributed by atoms with van der Waals surface area (Å²) in [6.45, 7) is 5.01. The van der Waals surface area contributed by atoms with E-state index < -0.39 is 29.4 Å². The summed E-state index contributed by atoms with van der Waals surface area (Å²) in [5.41, 5.74) is -0.740. The largest absolute Gasteiger partial charge is 0.496 e. The number of halogens is 1. The van der Waals surface area contributed by atoms with Crippen molar-refractivity contribution in [2.75, 3.05) is 20.8 Å². The average Bonchev–Trinajstić information content (AvgIpc) is 2.74. The van der Waals surface area contributed by atoms with Crippen LogP contribution in [0.25, 0.3) is 0 Å². The van der Waals surface area contributed by atoms with Gasteiger partial charge in [-0.1, -0.05) is 17.7 Å². The third-order valence-electron chi connectivity index (χ3n) is 5.61. The molecule has 0 saturated heterocycles. The molecule has 0 unspecified atom stereocenters. The van der Waals surface area contributed by atoms with Crippen molar-refractivity contribution < 1.29 is 33.6 Å². The number of aliphatic hydroxyl groups is 1. The number of aliphatic hydroxyl groups excluding tert-OH is 1. The van der Waals surface area contributed by atoms with Crippen LogP contribution in [0.2, 0.25) is 5.02 Å². The van der Waals surface area contributed by atoms with Gasteiger partial charge in [0.2, 0.25) is 5.78 Å². The van der Waals surface area contributed by atoms with E-state index in [4.69, 9.17) is 30.5 Å². The van der Waals surface area contributed by atoms with Gasteiger partial charge in [0, 0.05) is 12.0 Å². The monoisotopic (exact) mass is 448 g/mol. The molecule has 0 aromatic heterocycles. The number of fused-ring (bicyclic) bond motifs is 1. The number of hydrogen-bond acceptors (Lipinski definition) is 7. The van der Waals surface area contributed by atoms with Gasteiger partial charge in [-0.2, -0.15) is 0 Å². The van der Waals surface area contributed by atoms with Crippen molar-refractivity contribution in [3.8, 4) is 11.5 Å². The fourth-order valence-corrected chi connectivity index (χ4v) is 3.98. The third kappa shape index (κ3) is 3.95. The van der Waals surface area contributed by atoms with Crippen molar-refractivity contribution in [3.63, 3.8) is 0 Å². The van der Waals surface area contributed by atoms with Crippen LogP contribution in [-0.2, 0) is 14.3 Å². The van der Waals surface area contributed by atoms with Crippen molar-refractivity contribution in [2.45, 2.75) is 32.5 Å². The number of hydrogen-bond donors (Lipinski definition) is 1. The minimum Gasteiger partial charge on any atom is -0.496 e. The molecule has 2 aliphatic rings. The van der Waals surface area contributed by atoms with Crippen LogP contribution >= 0.6 is 11.6 Å². The average molecular weight is 449 g/mol. The summed E-state index contributed by atoms with van der Waals surface area (Å²) in [6.07, 6.45) is 5.38. The van der Waals surface area contributed by atoms with Crippen LogP contribution in [0, 0.1) is 12.8 Å². The lowest BCUT2D eigenvalue weighted by atomic mass is 9.74. The van der Waals surface area contributed by atoms with Gasteiger partial charge in [0.15, 0.2) is 5.60 Å². The van der Waals surface area contributed by atoms with Crippen LogP contribution in [0.3, 0.4) is 0 Å². The normalized spacial score (nSPS) is 25.3. The SMILES string of the molecule is C/C=C/C1=CC2=CC(=O)[C@](C)(OC(=O)c3c(OC)cc(OC)c(Cl)c3C)[C@@H](O)[C@@H]2CO1. The van der Waals surface area contributed by atoms with E-state index in [2.05, 4.69) is 0 Å². The van der Waals surface area contributed by atoms with E-state index >= 15 is 0 Å². The molecule has 3 rings (SSSR count). The molecule has 1 aliphatic carbocycles. The number of benzene rings is 1. The number of carbonyl (C=O) groups is 2. The first-order valence-electron chi connectivity index (χ1n) is 9.73. The first-order valence-corrected chi connectivity index (χ1v) is 10.1. The number of carbonyl (C=O) groups excluding carboxylic acids is 2. The Labute approximate surface area is 185 Å². The van der Waals surface area contributed by atoms with E-state index in [1.54, 1.807) is 19.1 Å². The zero-order chi connectivity index (χ0) is 22.9. The molecule has 1 heterocycles. The Kier molecular flexibility index (Phi) is 6.48. The van der Waals surface area contributed by atoms with Gasteiger partial charge in [-0.25, -0.2) is 4.79 Å². The Morgan fingerprint density at radius 3 is 2.58 bits per heavy atom. The van der Waals surface area contributed by atoms with Crippen LogP contribution in [0.1, 0.15) is 29.8 Å².